The standard InChI is InChI=1S/C10H7F3O5S/c11-10(12,13)19(16,17)18-9(15)6-3-7-1-4-8(14)5-2-7/h1-6,14H/b6-3+. The first kappa shape index (κ1) is 15.0. The van der Waals surface area contributed by atoms with Crippen LogP contribution in [0.15, 0.2) is 30.3 Å². The molecule has 0 bridgehead atoms. The molecule has 0 radical (unpaired) electrons. The van der Waals surface area contributed by atoms with Crippen LogP contribution in [-0.2, 0) is 19.1 Å². The van der Waals surface area contributed by atoms with Crippen LogP contribution in [-0.4, -0.2) is 25.0 Å². The molecule has 0 aliphatic carbocycles. The highest BCUT2D eigenvalue weighted by Gasteiger charge is 2.49. The van der Waals surface area contributed by atoms with Gasteiger partial charge in [-0.15, -0.1) is 0 Å². The second-order valence-electron chi connectivity index (χ2n) is 3.23. The van der Waals surface area contributed by atoms with Gasteiger partial charge >= 0.3 is 21.6 Å². The fraction of sp³-hybridized carbons (Fsp3) is 0.100. The molecule has 0 unspecified atom stereocenters. The highest BCUT2D eigenvalue weighted by Crippen LogP contribution is 2.24. The number of halogens is 3. The van der Waals surface area contributed by atoms with Gasteiger partial charge in [-0.3, -0.25) is 0 Å². The zero-order valence-electron chi connectivity index (χ0n) is 9.09. The molecule has 1 N–H and O–H groups in total. The molecule has 0 fully saturated rings. The Bertz CT molecular complexity index is 587. The van der Waals surface area contributed by atoms with Crippen molar-refractivity contribution in [2.24, 2.45) is 0 Å². The number of phenols is 1. The molecule has 9 heteroatoms. The maximum absolute atomic E-state index is 11.9. The molecule has 0 atom stereocenters. The molecule has 5 nitrogen and oxygen atoms in total. The van der Waals surface area contributed by atoms with Gasteiger partial charge in [-0.05, 0) is 23.8 Å². The second kappa shape index (κ2) is 5.31. The van der Waals surface area contributed by atoms with Crippen LogP contribution in [0.3, 0.4) is 0 Å². The van der Waals surface area contributed by atoms with E-state index in [1.807, 2.05) is 0 Å². The monoisotopic (exact) mass is 296 g/mol. The molecule has 104 valence electrons. The Hall–Kier alpha value is -2.03. The molecule has 1 rings (SSSR count). The molecule has 0 heterocycles. The van der Waals surface area contributed by atoms with Gasteiger partial charge in [0, 0.05) is 6.08 Å². The van der Waals surface area contributed by atoms with Gasteiger partial charge in [-0.1, -0.05) is 12.1 Å². The van der Waals surface area contributed by atoms with E-state index >= 15 is 0 Å². The van der Waals surface area contributed by atoms with Crippen LogP contribution in [0.1, 0.15) is 5.56 Å². The molecule has 0 amide bonds. The maximum atomic E-state index is 11.9. The number of rotatable bonds is 3. The van der Waals surface area contributed by atoms with E-state index in [1.54, 1.807) is 0 Å². The summed E-state index contributed by atoms with van der Waals surface area (Å²) < 4.78 is 59.9. The minimum Gasteiger partial charge on any atom is -0.508 e. The summed E-state index contributed by atoms with van der Waals surface area (Å²) in [5, 5.41) is 8.96. The quantitative estimate of drug-likeness (QED) is 0.522. The van der Waals surface area contributed by atoms with Gasteiger partial charge in [0.15, 0.2) is 0 Å². The van der Waals surface area contributed by atoms with Crippen molar-refractivity contribution in [1.29, 1.82) is 0 Å². The predicted octanol–water partition coefficient (Wildman–Crippen LogP) is 1.80. The Morgan fingerprint density at radius 2 is 1.74 bits per heavy atom. The average molecular weight is 296 g/mol. The summed E-state index contributed by atoms with van der Waals surface area (Å²) in [4.78, 5) is 10.9. The lowest BCUT2D eigenvalue weighted by molar-refractivity contribution is -0.130. The van der Waals surface area contributed by atoms with Crippen LogP contribution in [0.5, 0.6) is 5.75 Å². The van der Waals surface area contributed by atoms with Crippen LogP contribution < -0.4 is 0 Å². The Morgan fingerprint density at radius 1 is 1.21 bits per heavy atom. The summed E-state index contributed by atoms with van der Waals surface area (Å²) >= 11 is 0. The lowest BCUT2D eigenvalue weighted by atomic mass is 10.2. The first-order chi connectivity index (χ1) is 8.62. The Balaban J connectivity index is 2.74. The van der Waals surface area contributed by atoms with E-state index in [2.05, 4.69) is 4.18 Å². The van der Waals surface area contributed by atoms with Crippen molar-refractivity contribution in [2.45, 2.75) is 5.51 Å². The Labute approximate surface area is 106 Å². The predicted molar refractivity (Wildman–Crippen MR) is 58.2 cm³/mol. The molecular formula is C10H7F3O5S. The van der Waals surface area contributed by atoms with E-state index in [4.69, 9.17) is 5.11 Å². The first-order valence-electron chi connectivity index (χ1n) is 4.63. The van der Waals surface area contributed by atoms with Gasteiger partial charge in [-0.2, -0.15) is 21.6 Å². The van der Waals surface area contributed by atoms with Gasteiger partial charge < -0.3 is 9.29 Å². The number of carbonyl (C=O) groups is 1. The van der Waals surface area contributed by atoms with E-state index in [0.29, 0.717) is 11.6 Å². The summed E-state index contributed by atoms with van der Waals surface area (Å²) in [5.41, 5.74) is -5.30. The number of benzene rings is 1. The van der Waals surface area contributed by atoms with Gasteiger partial charge in [0.1, 0.15) is 5.75 Å². The highest BCUT2D eigenvalue weighted by atomic mass is 32.2. The van der Waals surface area contributed by atoms with Crippen molar-refractivity contribution < 1.29 is 35.7 Å². The number of hydrogen-bond donors (Lipinski definition) is 1. The fourth-order valence-electron chi connectivity index (χ4n) is 0.933. The Morgan fingerprint density at radius 3 is 2.21 bits per heavy atom. The molecule has 0 saturated heterocycles. The van der Waals surface area contributed by atoms with Gasteiger partial charge in [0.25, 0.3) is 0 Å². The lowest BCUT2D eigenvalue weighted by Gasteiger charge is -2.05. The average Bonchev–Trinajstić information content (AvgIpc) is 2.26. The molecule has 0 saturated carbocycles. The van der Waals surface area contributed by atoms with Crippen molar-refractivity contribution in [3.05, 3.63) is 35.9 Å². The van der Waals surface area contributed by atoms with Crippen molar-refractivity contribution in [2.75, 3.05) is 0 Å². The Kier molecular flexibility index (Phi) is 4.20. The minimum absolute atomic E-state index is 0.0422. The number of carbonyl (C=O) groups excluding carboxylic acids is 1. The SMILES string of the molecule is O=C(/C=C/c1ccc(O)cc1)OS(=O)(=O)C(F)(F)F. The van der Waals surface area contributed by atoms with Crippen LogP contribution in [0.25, 0.3) is 6.08 Å². The van der Waals surface area contributed by atoms with Crippen molar-refractivity contribution in [3.63, 3.8) is 0 Å². The molecule has 1 aromatic carbocycles. The normalized spacial score (nSPS) is 12.6. The third-order valence-electron chi connectivity index (χ3n) is 1.78. The van der Waals surface area contributed by atoms with E-state index in [-0.39, 0.29) is 5.75 Å². The summed E-state index contributed by atoms with van der Waals surface area (Å²) in [6.07, 6.45) is 1.56. The molecule has 1 aromatic rings. The molecule has 0 spiro atoms. The number of aromatic hydroxyl groups is 1. The zero-order valence-corrected chi connectivity index (χ0v) is 9.90. The summed E-state index contributed by atoms with van der Waals surface area (Å²) in [5.74, 6) is -1.72. The van der Waals surface area contributed by atoms with Crippen LogP contribution in [0.4, 0.5) is 13.2 Å². The van der Waals surface area contributed by atoms with Gasteiger partial charge in [0.2, 0.25) is 0 Å². The summed E-state index contributed by atoms with van der Waals surface area (Å²) in [6.45, 7) is 0. The third-order valence-corrected chi connectivity index (χ3v) is 2.73. The molecule has 0 aromatic heterocycles. The van der Waals surface area contributed by atoms with Crippen LogP contribution in [0.2, 0.25) is 0 Å². The summed E-state index contributed by atoms with van der Waals surface area (Å²) in [6, 6.07) is 5.27. The largest absolute Gasteiger partial charge is 0.534 e. The molecular weight excluding hydrogens is 289 g/mol. The number of phenolic OH excluding ortho intramolecular Hbond substituents is 1. The fourth-order valence-corrected chi connectivity index (χ4v) is 1.30. The lowest BCUT2D eigenvalue weighted by Crippen LogP contribution is -2.27. The van der Waals surface area contributed by atoms with Crippen molar-refractivity contribution in [3.8, 4) is 5.75 Å². The van der Waals surface area contributed by atoms with E-state index in [9.17, 15) is 26.4 Å². The van der Waals surface area contributed by atoms with E-state index in [0.717, 1.165) is 6.08 Å². The highest BCUT2D eigenvalue weighted by molar-refractivity contribution is 7.88. The van der Waals surface area contributed by atoms with E-state index in [1.165, 1.54) is 24.3 Å². The maximum Gasteiger partial charge on any atom is 0.534 e. The van der Waals surface area contributed by atoms with E-state index < -0.39 is 21.6 Å². The number of alkyl halides is 3. The first-order valence-corrected chi connectivity index (χ1v) is 6.04. The zero-order chi connectivity index (χ0) is 14.7. The molecule has 0 aliphatic heterocycles. The second-order valence-corrected chi connectivity index (χ2v) is 4.76. The topological polar surface area (TPSA) is 80.7 Å². The van der Waals surface area contributed by atoms with Crippen LogP contribution in [0, 0.1) is 0 Å². The van der Waals surface area contributed by atoms with Crippen molar-refractivity contribution in [1.82, 2.24) is 0 Å². The number of hydrogen-bond acceptors (Lipinski definition) is 5. The molecule has 19 heavy (non-hydrogen) atoms. The smallest absolute Gasteiger partial charge is 0.508 e. The molecule has 0 aliphatic rings. The van der Waals surface area contributed by atoms with Crippen LogP contribution >= 0.6 is 0 Å². The van der Waals surface area contributed by atoms with Gasteiger partial charge in [-0.25, -0.2) is 4.79 Å². The third kappa shape index (κ3) is 4.28. The minimum atomic E-state index is -5.95. The van der Waals surface area contributed by atoms with Crippen molar-refractivity contribution >= 4 is 22.2 Å². The summed E-state index contributed by atoms with van der Waals surface area (Å²) in [7, 11) is -5.95. The van der Waals surface area contributed by atoms with Gasteiger partial charge in [0.05, 0.1) is 0 Å².